The van der Waals surface area contributed by atoms with Crippen LogP contribution >= 0.6 is 0 Å². The maximum atomic E-state index is 12.2. The molecule has 2 atom stereocenters. The molecule has 2 nitrogen and oxygen atoms in total. The van der Waals surface area contributed by atoms with Gasteiger partial charge in [-0.1, -0.05) is 13.3 Å². The largest absolute Gasteiger partial charge is 0.307 e. The first kappa shape index (κ1) is 12.2. The number of hydrogen-bond donors (Lipinski definition) is 1. The van der Waals surface area contributed by atoms with Gasteiger partial charge in [0.05, 0.1) is 6.54 Å². The highest BCUT2D eigenvalue weighted by Gasteiger charge is 2.35. The number of alkyl halides is 2. The number of hydrogen-bond acceptors (Lipinski definition) is 2. The summed E-state index contributed by atoms with van der Waals surface area (Å²) in [4.78, 5) is 2.50. The van der Waals surface area contributed by atoms with Gasteiger partial charge in [-0.3, -0.25) is 4.90 Å². The number of piperidine rings is 1. The Bertz CT molecular complexity index is 219. The normalized spacial score (nSPS) is 32.2. The molecule has 1 heterocycles. The smallest absolute Gasteiger partial charge is 0.250 e. The second kappa shape index (κ2) is 5.41. The molecule has 0 aromatic carbocycles. The Kier molecular flexibility index (Phi) is 4.14. The van der Waals surface area contributed by atoms with Gasteiger partial charge < -0.3 is 5.32 Å². The first-order valence-corrected chi connectivity index (χ1v) is 6.44. The standard InChI is InChI=1S/C12H22F2N2/c1-2-9-5-10(15-6-12(13)14)8-16(7-9)11-3-4-11/h9-12,15H,2-8H2,1H3. The van der Waals surface area contributed by atoms with Gasteiger partial charge in [-0.25, -0.2) is 8.78 Å². The summed E-state index contributed by atoms with van der Waals surface area (Å²) in [6.45, 7) is 4.19. The highest BCUT2D eigenvalue weighted by atomic mass is 19.3. The third-order valence-electron chi connectivity index (χ3n) is 3.77. The molecule has 2 fully saturated rings. The van der Waals surface area contributed by atoms with Crippen molar-refractivity contribution in [2.24, 2.45) is 5.92 Å². The van der Waals surface area contributed by atoms with Crippen LogP contribution in [-0.2, 0) is 0 Å². The molecule has 1 saturated heterocycles. The van der Waals surface area contributed by atoms with Crippen molar-refractivity contribution in [1.82, 2.24) is 10.2 Å². The molecule has 0 spiro atoms. The zero-order valence-electron chi connectivity index (χ0n) is 9.96. The van der Waals surface area contributed by atoms with E-state index in [4.69, 9.17) is 0 Å². The average Bonchev–Trinajstić information content (AvgIpc) is 3.09. The Morgan fingerprint density at radius 3 is 2.62 bits per heavy atom. The molecule has 1 aliphatic carbocycles. The summed E-state index contributed by atoms with van der Waals surface area (Å²) >= 11 is 0. The number of halogens is 2. The Labute approximate surface area is 96.4 Å². The van der Waals surface area contributed by atoms with E-state index < -0.39 is 6.43 Å². The summed E-state index contributed by atoms with van der Waals surface area (Å²) in [5.41, 5.74) is 0. The molecular weight excluding hydrogens is 210 g/mol. The lowest BCUT2D eigenvalue weighted by Crippen LogP contribution is -2.50. The van der Waals surface area contributed by atoms with Crippen LogP contribution in [0.15, 0.2) is 0 Å². The van der Waals surface area contributed by atoms with Crippen molar-refractivity contribution in [2.45, 2.75) is 51.1 Å². The number of nitrogens with zero attached hydrogens (tertiary/aromatic N) is 1. The summed E-state index contributed by atoms with van der Waals surface area (Å²) in [6, 6.07) is 1.03. The van der Waals surface area contributed by atoms with Gasteiger partial charge in [-0.05, 0) is 25.2 Å². The van der Waals surface area contributed by atoms with Crippen LogP contribution in [0.2, 0.25) is 0 Å². The van der Waals surface area contributed by atoms with Crippen molar-refractivity contribution in [3.63, 3.8) is 0 Å². The summed E-state index contributed by atoms with van der Waals surface area (Å²) in [6.07, 6.45) is 2.61. The van der Waals surface area contributed by atoms with E-state index in [0.717, 1.165) is 25.4 Å². The maximum Gasteiger partial charge on any atom is 0.250 e. The van der Waals surface area contributed by atoms with E-state index in [0.29, 0.717) is 5.92 Å². The van der Waals surface area contributed by atoms with Crippen LogP contribution < -0.4 is 5.32 Å². The molecular formula is C12H22F2N2. The van der Waals surface area contributed by atoms with E-state index in [-0.39, 0.29) is 12.6 Å². The molecule has 16 heavy (non-hydrogen) atoms. The van der Waals surface area contributed by atoms with Crippen molar-refractivity contribution < 1.29 is 8.78 Å². The first-order valence-electron chi connectivity index (χ1n) is 6.44. The lowest BCUT2D eigenvalue weighted by molar-refractivity contribution is 0.104. The van der Waals surface area contributed by atoms with E-state index in [1.165, 1.54) is 19.4 Å². The third kappa shape index (κ3) is 3.39. The molecule has 4 heteroatoms. The van der Waals surface area contributed by atoms with Gasteiger partial charge >= 0.3 is 0 Å². The highest BCUT2D eigenvalue weighted by molar-refractivity contribution is 4.92. The minimum atomic E-state index is -2.23. The van der Waals surface area contributed by atoms with Gasteiger partial charge in [-0.2, -0.15) is 0 Å². The Hall–Kier alpha value is -0.220. The minimum Gasteiger partial charge on any atom is -0.307 e. The molecule has 0 bridgehead atoms. The van der Waals surface area contributed by atoms with Crippen molar-refractivity contribution in [1.29, 1.82) is 0 Å². The second-order valence-corrected chi connectivity index (χ2v) is 5.19. The number of rotatable bonds is 5. The van der Waals surface area contributed by atoms with Crippen molar-refractivity contribution in [3.8, 4) is 0 Å². The topological polar surface area (TPSA) is 15.3 Å². The van der Waals surface area contributed by atoms with Crippen molar-refractivity contribution in [3.05, 3.63) is 0 Å². The van der Waals surface area contributed by atoms with Crippen LogP contribution in [0.1, 0.15) is 32.6 Å². The SMILES string of the molecule is CCC1CC(NCC(F)F)CN(C2CC2)C1. The molecule has 2 aliphatic rings. The average molecular weight is 232 g/mol. The summed E-state index contributed by atoms with van der Waals surface area (Å²) in [5.74, 6) is 0.685. The Morgan fingerprint density at radius 1 is 1.31 bits per heavy atom. The zero-order valence-corrected chi connectivity index (χ0v) is 9.96. The Balaban J connectivity index is 1.81. The van der Waals surface area contributed by atoms with E-state index in [1.54, 1.807) is 0 Å². The molecule has 2 unspecified atom stereocenters. The van der Waals surface area contributed by atoms with Crippen molar-refractivity contribution >= 4 is 0 Å². The summed E-state index contributed by atoms with van der Waals surface area (Å²) in [7, 11) is 0. The predicted octanol–water partition coefficient (Wildman–Crippen LogP) is 2.10. The molecule has 2 rings (SSSR count). The monoisotopic (exact) mass is 232 g/mol. The lowest BCUT2D eigenvalue weighted by atomic mass is 9.92. The van der Waals surface area contributed by atoms with Crippen LogP contribution in [0.3, 0.4) is 0 Å². The fraction of sp³-hybridized carbons (Fsp3) is 1.00. The predicted molar refractivity (Wildman–Crippen MR) is 60.8 cm³/mol. The van der Waals surface area contributed by atoms with Gasteiger partial charge in [0.1, 0.15) is 0 Å². The first-order chi connectivity index (χ1) is 7.69. The van der Waals surface area contributed by atoms with Crippen LogP contribution in [0.25, 0.3) is 0 Å². The maximum absolute atomic E-state index is 12.2. The van der Waals surface area contributed by atoms with Gasteiger partial charge in [0.25, 0.3) is 6.43 Å². The van der Waals surface area contributed by atoms with Gasteiger partial charge in [-0.15, -0.1) is 0 Å². The quantitative estimate of drug-likeness (QED) is 0.781. The fourth-order valence-corrected chi connectivity index (χ4v) is 2.68. The number of nitrogens with one attached hydrogen (secondary N) is 1. The van der Waals surface area contributed by atoms with Gasteiger partial charge in [0.15, 0.2) is 0 Å². The second-order valence-electron chi connectivity index (χ2n) is 5.19. The van der Waals surface area contributed by atoms with Crippen LogP contribution in [0, 0.1) is 5.92 Å². The van der Waals surface area contributed by atoms with E-state index in [2.05, 4.69) is 17.1 Å². The number of likely N-dealkylation sites (tertiary alicyclic amines) is 1. The summed E-state index contributed by atoms with van der Waals surface area (Å²) < 4.78 is 24.3. The molecule has 94 valence electrons. The molecule has 0 amide bonds. The minimum absolute atomic E-state index is 0.153. The van der Waals surface area contributed by atoms with E-state index in [1.807, 2.05) is 0 Å². The molecule has 0 aromatic heterocycles. The molecule has 1 N–H and O–H groups in total. The van der Waals surface area contributed by atoms with Gasteiger partial charge in [0.2, 0.25) is 0 Å². The molecule has 1 aliphatic heterocycles. The van der Waals surface area contributed by atoms with Crippen LogP contribution in [-0.4, -0.2) is 43.0 Å². The molecule has 0 radical (unpaired) electrons. The van der Waals surface area contributed by atoms with Gasteiger partial charge in [0, 0.05) is 25.2 Å². The van der Waals surface area contributed by atoms with E-state index >= 15 is 0 Å². The van der Waals surface area contributed by atoms with E-state index in [9.17, 15) is 8.78 Å². The zero-order chi connectivity index (χ0) is 11.5. The molecule has 1 saturated carbocycles. The highest BCUT2D eigenvalue weighted by Crippen LogP contribution is 2.31. The van der Waals surface area contributed by atoms with Crippen LogP contribution in [0.5, 0.6) is 0 Å². The lowest BCUT2D eigenvalue weighted by Gasteiger charge is -2.38. The fourth-order valence-electron chi connectivity index (χ4n) is 2.68. The van der Waals surface area contributed by atoms with Crippen LogP contribution in [0.4, 0.5) is 8.78 Å². The molecule has 0 aromatic rings. The Morgan fingerprint density at radius 2 is 2.06 bits per heavy atom. The summed E-state index contributed by atoms with van der Waals surface area (Å²) in [5, 5.41) is 3.01. The third-order valence-corrected chi connectivity index (χ3v) is 3.77. The van der Waals surface area contributed by atoms with Crippen molar-refractivity contribution in [2.75, 3.05) is 19.6 Å².